The summed E-state index contributed by atoms with van der Waals surface area (Å²) < 4.78 is 25.5. The Kier molecular flexibility index (Phi) is 4.15. The SMILES string of the molecule is CCc1cnc(SCC(=O)O)n1C1(C)CCS(=O)(=O)C1. The van der Waals surface area contributed by atoms with E-state index in [0.29, 0.717) is 11.6 Å². The molecule has 0 saturated carbocycles. The van der Waals surface area contributed by atoms with Crippen molar-refractivity contribution >= 4 is 27.6 Å². The lowest BCUT2D eigenvalue weighted by molar-refractivity contribution is -0.133. The van der Waals surface area contributed by atoms with Crippen molar-refractivity contribution in [3.05, 3.63) is 11.9 Å². The molecule has 1 saturated heterocycles. The van der Waals surface area contributed by atoms with Crippen LogP contribution in [0.15, 0.2) is 11.4 Å². The van der Waals surface area contributed by atoms with Crippen LogP contribution < -0.4 is 0 Å². The van der Waals surface area contributed by atoms with Gasteiger partial charge in [-0.2, -0.15) is 0 Å². The molecule has 1 aromatic heterocycles. The number of aliphatic carboxylic acids is 1. The standard InChI is InChI=1S/C12H18N2O4S2/c1-3-9-6-13-11(19-7-10(15)16)14(9)12(2)4-5-20(17,18)8-12/h6H,3-5,7-8H2,1-2H3,(H,15,16). The third kappa shape index (κ3) is 3.01. The highest BCUT2D eigenvalue weighted by Crippen LogP contribution is 2.35. The normalized spacial score (nSPS) is 24.9. The Morgan fingerprint density at radius 3 is 2.80 bits per heavy atom. The Labute approximate surface area is 122 Å². The number of imidazole rings is 1. The zero-order valence-corrected chi connectivity index (χ0v) is 13.1. The summed E-state index contributed by atoms with van der Waals surface area (Å²) in [6.45, 7) is 3.88. The van der Waals surface area contributed by atoms with Gasteiger partial charge in [-0.25, -0.2) is 13.4 Å². The molecular weight excluding hydrogens is 300 g/mol. The minimum absolute atomic E-state index is 0.0804. The Balaban J connectivity index is 2.38. The first-order valence-corrected chi connectivity index (χ1v) is 9.20. The van der Waals surface area contributed by atoms with Gasteiger partial charge in [0.05, 0.1) is 22.8 Å². The van der Waals surface area contributed by atoms with Crippen molar-refractivity contribution in [3.63, 3.8) is 0 Å². The van der Waals surface area contributed by atoms with E-state index in [0.717, 1.165) is 23.9 Å². The topological polar surface area (TPSA) is 89.3 Å². The number of carboxylic acid groups (broad SMARTS) is 1. The predicted octanol–water partition coefficient (Wildman–Crippen LogP) is 1.16. The number of hydrogen-bond donors (Lipinski definition) is 1. The minimum atomic E-state index is -3.03. The Hall–Kier alpha value is -1.02. The highest BCUT2D eigenvalue weighted by molar-refractivity contribution is 7.99. The van der Waals surface area contributed by atoms with Crippen LogP contribution in [0.3, 0.4) is 0 Å². The fraction of sp³-hybridized carbons (Fsp3) is 0.667. The first kappa shape index (κ1) is 15.4. The molecule has 0 aliphatic carbocycles. The number of sulfone groups is 1. The maximum absolute atomic E-state index is 11.8. The number of thioether (sulfide) groups is 1. The maximum Gasteiger partial charge on any atom is 0.313 e. The molecule has 1 aliphatic rings. The highest BCUT2D eigenvalue weighted by Gasteiger charge is 2.42. The van der Waals surface area contributed by atoms with E-state index < -0.39 is 21.3 Å². The summed E-state index contributed by atoms with van der Waals surface area (Å²) in [4.78, 5) is 15.0. The zero-order chi connectivity index (χ0) is 15.0. The first-order chi connectivity index (χ1) is 9.27. The average molecular weight is 318 g/mol. The molecular formula is C12H18N2O4S2. The molecule has 0 radical (unpaired) electrons. The van der Waals surface area contributed by atoms with Crippen LogP contribution in [0.4, 0.5) is 0 Å². The lowest BCUT2D eigenvalue weighted by atomic mass is 10.0. The van der Waals surface area contributed by atoms with Gasteiger partial charge in [-0.15, -0.1) is 0 Å². The van der Waals surface area contributed by atoms with Gasteiger partial charge < -0.3 is 9.67 Å². The molecule has 1 aromatic rings. The van der Waals surface area contributed by atoms with E-state index in [1.807, 2.05) is 18.4 Å². The molecule has 1 aliphatic heterocycles. The molecule has 8 heteroatoms. The lowest BCUT2D eigenvalue weighted by Crippen LogP contribution is -2.33. The number of carbonyl (C=O) groups is 1. The van der Waals surface area contributed by atoms with Crippen molar-refractivity contribution < 1.29 is 18.3 Å². The number of nitrogens with zero attached hydrogens (tertiary/aromatic N) is 2. The van der Waals surface area contributed by atoms with Crippen LogP contribution in [0.5, 0.6) is 0 Å². The molecule has 2 rings (SSSR count). The molecule has 2 heterocycles. The minimum Gasteiger partial charge on any atom is -0.481 e. The van der Waals surface area contributed by atoms with Crippen molar-refractivity contribution in [2.24, 2.45) is 0 Å². The summed E-state index contributed by atoms with van der Waals surface area (Å²) in [5.41, 5.74) is 0.416. The summed E-state index contributed by atoms with van der Waals surface area (Å²) in [7, 11) is -3.03. The molecule has 0 bridgehead atoms. The Morgan fingerprint density at radius 2 is 2.30 bits per heavy atom. The van der Waals surface area contributed by atoms with Crippen LogP contribution in [0.1, 0.15) is 26.0 Å². The lowest BCUT2D eigenvalue weighted by Gasteiger charge is -2.28. The number of aryl methyl sites for hydroxylation is 1. The summed E-state index contributed by atoms with van der Waals surface area (Å²) in [5, 5.41) is 9.38. The summed E-state index contributed by atoms with van der Waals surface area (Å²) in [6, 6.07) is 0. The third-order valence-electron chi connectivity index (χ3n) is 3.51. The smallest absolute Gasteiger partial charge is 0.313 e. The van der Waals surface area contributed by atoms with E-state index in [4.69, 9.17) is 5.11 Å². The fourth-order valence-electron chi connectivity index (χ4n) is 2.59. The molecule has 0 aromatic carbocycles. The van der Waals surface area contributed by atoms with Gasteiger partial charge >= 0.3 is 5.97 Å². The van der Waals surface area contributed by atoms with Crippen LogP contribution in [0, 0.1) is 0 Å². The third-order valence-corrected chi connectivity index (χ3v) is 6.34. The number of rotatable bonds is 5. The zero-order valence-electron chi connectivity index (χ0n) is 11.5. The second kappa shape index (κ2) is 5.40. The fourth-order valence-corrected chi connectivity index (χ4v) is 5.56. The molecule has 6 nitrogen and oxygen atoms in total. The molecule has 1 N–H and O–H groups in total. The van der Waals surface area contributed by atoms with E-state index in [1.165, 1.54) is 0 Å². The Bertz CT molecular complexity index is 623. The molecule has 1 unspecified atom stereocenters. The van der Waals surface area contributed by atoms with Gasteiger partial charge in [-0.1, -0.05) is 18.7 Å². The predicted molar refractivity (Wildman–Crippen MR) is 76.9 cm³/mol. The average Bonchev–Trinajstić information content (AvgIpc) is 2.88. The highest BCUT2D eigenvalue weighted by atomic mass is 32.2. The van der Waals surface area contributed by atoms with Gasteiger partial charge in [0.15, 0.2) is 15.0 Å². The van der Waals surface area contributed by atoms with Crippen molar-refractivity contribution in [2.45, 2.75) is 37.4 Å². The van der Waals surface area contributed by atoms with Crippen molar-refractivity contribution in [2.75, 3.05) is 17.3 Å². The van der Waals surface area contributed by atoms with Crippen LogP contribution in [0.2, 0.25) is 0 Å². The van der Waals surface area contributed by atoms with Crippen molar-refractivity contribution in [1.82, 2.24) is 9.55 Å². The van der Waals surface area contributed by atoms with Crippen LogP contribution in [0.25, 0.3) is 0 Å². The van der Waals surface area contributed by atoms with E-state index >= 15 is 0 Å². The second-order valence-electron chi connectivity index (χ2n) is 5.24. The van der Waals surface area contributed by atoms with Crippen molar-refractivity contribution in [3.8, 4) is 0 Å². The largest absolute Gasteiger partial charge is 0.481 e. The monoisotopic (exact) mass is 318 g/mol. The van der Waals surface area contributed by atoms with Crippen molar-refractivity contribution in [1.29, 1.82) is 0 Å². The molecule has 112 valence electrons. The molecule has 1 atom stereocenters. The molecule has 1 fully saturated rings. The van der Waals surface area contributed by atoms with Gasteiger partial charge in [0.25, 0.3) is 0 Å². The van der Waals surface area contributed by atoms with Crippen LogP contribution >= 0.6 is 11.8 Å². The van der Waals surface area contributed by atoms with Gasteiger partial charge in [-0.05, 0) is 19.8 Å². The van der Waals surface area contributed by atoms with Gasteiger partial charge in [0.2, 0.25) is 0 Å². The first-order valence-electron chi connectivity index (χ1n) is 6.39. The van der Waals surface area contributed by atoms with Gasteiger partial charge in [0.1, 0.15) is 0 Å². The van der Waals surface area contributed by atoms with E-state index in [-0.39, 0.29) is 17.3 Å². The molecule has 0 spiro atoms. The quantitative estimate of drug-likeness (QED) is 0.819. The molecule has 0 amide bonds. The maximum atomic E-state index is 11.8. The second-order valence-corrected chi connectivity index (χ2v) is 8.37. The van der Waals surface area contributed by atoms with Crippen LogP contribution in [-0.4, -0.2) is 46.3 Å². The van der Waals surface area contributed by atoms with E-state index in [2.05, 4.69) is 4.98 Å². The van der Waals surface area contributed by atoms with Crippen LogP contribution in [-0.2, 0) is 26.6 Å². The van der Waals surface area contributed by atoms with Gasteiger partial charge in [-0.3, -0.25) is 4.79 Å². The summed E-state index contributed by atoms with van der Waals surface area (Å²) >= 11 is 1.13. The van der Waals surface area contributed by atoms with E-state index in [9.17, 15) is 13.2 Å². The number of hydrogen-bond acceptors (Lipinski definition) is 5. The summed E-state index contributed by atoms with van der Waals surface area (Å²) in [6.07, 6.45) is 2.98. The van der Waals surface area contributed by atoms with Gasteiger partial charge in [0, 0.05) is 11.9 Å². The number of aromatic nitrogens is 2. The van der Waals surface area contributed by atoms with E-state index in [1.54, 1.807) is 6.20 Å². The summed E-state index contributed by atoms with van der Waals surface area (Å²) in [5.74, 6) is -0.729. The number of carboxylic acids is 1. The molecule has 20 heavy (non-hydrogen) atoms. The Morgan fingerprint density at radius 1 is 1.60 bits per heavy atom.